The van der Waals surface area contributed by atoms with Crippen LogP contribution in [0.15, 0.2) is 117 Å². The minimum atomic E-state index is -0.499. The molecule has 0 saturated carbocycles. The average molecular weight is 2010 g/mol. The summed E-state index contributed by atoms with van der Waals surface area (Å²) in [5.74, 6) is 2.13. The molecule has 0 radical (unpaired) electrons. The number of nitrogens with one attached hydrogen (secondary N) is 1. The molecule has 0 bridgehead atoms. The van der Waals surface area contributed by atoms with Gasteiger partial charge in [-0.1, -0.05) is 163 Å². The molecule has 0 fully saturated rings. The van der Waals surface area contributed by atoms with Crippen molar-refractivity contribution in [1.29, 1.82) is 26.3 Å². The molecule has 0 aromatic carbocycles. The van der Waals surface area contributed by atoms with Crippen LogP contribution in [0.1, 0.15) is 194 Å². The first-order chi connectivity index (χ1) is 65.9. The van der Waals surface area contributed by atoms with E-state index in [2.05, 4.69) is 75.9 Å². The van der Waals surface area contributed by atoms with Crippen LogP contribution in [0.25, 0.3) is 56.3 Å². The van der Waals surface area contributed by atoms with Crippen LogP contribution < -0.4 is 33.1 Å². The van der Waals surface area contributed by atoms with Gasteiger partial charge in [0.2, 0.25) is 5.91 Å². The summed E-state index contributed by atoms with van der Waals surface area (Å²) in [5.41, 5.74) is 0.800. The fourth-order valence-corrected chi connectivity index (χ4v) is 20.3. The number of carbonyl (C=O) groups is 1. The maximum Gasteiger partial charge on any atom is 0.272 e. The Morgan fingerprint density at radius 2 is 0.686 bits per heavy atom. The van der Waals surface area contributed by atoms with Gasteiger partial charge < -0.3 is 29.0 Å². The van der Waals surface area contributed by atoms with Gasteiger partial charge >= 0.3 is 0 Å². The summed E-state index contributed by atoms with van der Waals surface area (Å²) >= 11 is 7.22. The molecule has 0 saturated heterocycles. The third-order valence-electron chi connectivity index (χ3n) is 22.1. The van der Waals surface area contributed by atoms with Crippen molar-refractivity contribution < 1.29 is 46.0 Å². The zero-order chi connectivity index (χ0) is 103. The summed E-state index contributed by atoms with van der Waals surface area (Å²) in [5, 5.41) is 53.3. The number of nitrogens with zero attached hydrogens (tertiary/aromatic N) is 20. The van der Waals surface area contributed by atoms with Gasteiger partial charge in [-0.25, -0.2) is 42.5 Å². The number of nitriles is 5. The Morgan fingerprint density at radius 3 is 0.957 bits per heavy atom. The molecule has 10 aromatic rings. The number of ether oxygens (including phenoxy) is 5. The van der Waals surface area contributed by atoms with Gasteiger partial charge in [0.15, 0.2) is 25.8 Å². The molecule has 0 spiro atoms. The van der Waals surface area contributed by atoms with Gasteiger partial charge in [-0.3, -0.25) is 76.5 Å². The van der Waals surface area contributed by atoms with E-state index in [1.807, 2.05) is 146 Å². The lowest BCUT2D eigenvalue weighted by atomic mass is 9.90. The van der Waals surface area contributed by atoms with E-state index in [9.17, 15) is 72.6 Å². The molecule has 140 heavy (non-hydrogen) atoms. The summed E-state index contributed by atoms with van der Waals surface area (Å²) in [6, 6.07) is 18.8. The maximum absolute atomic E-state index is 14.7. The van der Waals surface area contributed by atoms with Crippen molar-refractivity contribution in [2.24, 2.45) is 23.7 Å². The van der Waals surface area contributed by atoms with E-state index in [0.29, 0.717) is 147 Å². The molecule has 738 valence electrons. The van der Waals surface area contributed by atoms with Crippen molar-refractivity contribution in [1.82, 2.24) is 78.0 Å². The Morgan fingerprint density at radius 1 is 0.400 bits per heavy atom. The first-order valence-corrected chi connectivity index (χ1v) is 49.9. The van der Waals surface area contributed by atoms with Crippen LogP contribution in [-0.4, -0.2) is 167 Å². The van der Waals surface area contributed by atoms with Crippen LogP contribution in [-0.2, 0) is 88.3 Å². The number of amides is 1. The predicted octanol–water partition coefficient (Wildman–Crippen LogP) is 15.5. The van der Waals surface area contributed by atoms with Crippen LogP contribution in [0.2, 0.25) is 0 Å². The molecule has 1 N–H and O–H groups in total. The lowest BCUT2D eigenvalue weighted by Crippen LogP contribution is -2.38. The van der Waals surface area contributed by atoms with Gasteiger partial charge in [0, 0.05) is 204 Å². The number of rotatable bonds is 17. The summed E-state index contributed by atoms with van der Waals surface area (Å²) in [7, 11) is 3.09. The van der Waals surface area contributed by atoms with E-state index >= 15 is 0 Å². The number of halogens is 4. The second-order valence-electron chi connectivity index (χ2n) is 40.0. The smallest absolute Gasteiger partial charge is 0.272 e. The highest BCUT2D eigenvalue weighted by Crippen LogP contribution is 2.39. The summed E-state index contributed by atoms with van der Waals surface area (Å²) in [4.78, 5) is 120. The van der Waals surface area contributed by atoms with Crippen molar-refractivity contribution in [3.8, 4) is 86.6 Å². The van der Waals surface area contributed by atoms with E-state index < -0.39 is 67.2 Å². The van der Waals surface area contributed by atoms with Crippen molar-refractivity contribution in [2.45, 2.75) is 229 Å². The molecule has 4 atom stereocenters. The minimum absolute atomic E-state index is 0.0464. The fraction of sp³-hybridized carbons (Fsp3) is 0.485. The van der Waals surface area contributed by atoms with E-state index in [1.165, 1.54) is 121 Å². The van der Waals surface area contributed by atoms with Crippen LogP contribution in [0.3, 0.4) is 0 Å². The molecule has 10 aromatic heterocycles. The third kappa shape index (κ3) is 26.4. The third-order valence-corrected chi connectivity index (χ3v) is 28.0. The SMILES string of the molecule is CC(=O)NC[C@@H]1CSc2nc(-c3cnc(C(C)(C)C)c(F)c3)c(C#N)c(=O)n2C1.CC(C)(C)OCC1CSc2nc(-c3cnc(C(C)(C)C)c(F)c3)c(C#N)c(=O)n2C1.CC(C)(C)c1ccc(-c2nc3n(c(=O)c2C#N)CCCS3)cn1.COCOCC1CSc2nc(-c3cnc(C(C)(C)C)c(F)c3)c(C#N)c(=O)n2C1.COCOC[C@H]1CSc2nc(-c3cnc(C(C)(C)C)c(F)c3)c(C#N)c(=O)n2C1. The zero-order valence-electron chi connectivity index (χ0n) is 82.2. The number of hydrogen-bond donors (Lipinski definition) is 1. The first kappa shape index (κ1) is 109. The van der Waals surface area contributed by atoms with Crippen LogP contribution >= 0.6 is 58.8 Å². The van der Waals surface area contributed by atoms with Gasteiger partial charge in [-0.2, -0.15) is 26.3 Å². The minimum Gasteiger partial charge on any atom is -0.375 e. The predicted molar refractivity (Wildman–Crippen MR) is 528 cm³/mol. The molecule has 41 heteroatoms. The second kappa shape index (κ2) is 45.9. The van der Waals surface area contributed by atoms with Gasteiger partial charge in [-0.05, 0) is 63.6 Å². The highest BCUT2D eigenvalue weighted by molar-refractivity contribution is 8.00. The fourth-order valence-electron chi connectivity index (χ4n) is 15.1. The van der Waals surface area contributed by atoms with Crippen molar-refractivity contribution in [3.05, 3.63) is 199 Å². The largest absolute Gasteiger partial charge is 0.375 e. The Balaban J connectivity index is 0.000000168. The van der Waals surface area contributed by atoms with E-state index in [4.69, 9.17) is 23.7 Å². The maximum atomic E-state index is 14.7. The number of pyridine rings is 5. The molecule has 15 heterocycles. The molecular weight excluding hydrogens is 1900 g/mol. The molecule has 1 amide bonds. The highest BCUT2D eigenvalue weighted by atomic mass is 32.2. The van der Waals surface area contributed by atoms with Gasteiger partial charge in [-0.15, -0.1) is 0 Å². The van der Waals surface area contributed by atoms with E-state index in [1.54, 1.807) is 36.7 Å². The summed E-state index contributed by atoms with van der Waals surface area (Å²) in [6.45, 7) is 40.6. The molecule has 15 rings (SSSR count). The van der Waals surface area contributed by atoms with E-state index in [0.717, 1.165) is 35.1 Å². The quantitative estimate of drug-likeness (QED) is 0.0383. The highest BCUT2D eigenvalue weighted by Gasteiger charge is 2.35. The van der Waals surface area contributed by atoms with E-state index in [-0.39, 0.29) is 110 Å². The molecule has 2 unspecified atom stereocenters. The van der Waals surface area contributed by atoms with Gasteiger partial charge in [0.05, 0.1) is 76.7 Å². The monoisotopic (exact) mass is 2010 g/mol. The number of aromatic nitrogens is 15. The van der Waals surface area contributed by atoms with Crippen molar-refractivity contribution in [3.63, 3.8) is 0 Å². The van der Waals surface area contributed by atoms with Crippen molar-refractivity contribution in [2.75, 3.05) is 82.9 Å². The Labute approximate surface area is 830 Å². The van der Waals surface area contributed by atoms with Crippen LogP contribution in [0.5, 0.6) is 0 Å². The molecule has 5 aliphatic rings. The molecule has 0 aliphatic carbocycles. The Hall–Kier alpha value is -11.7. The topological polar surface area (TPSA) is 433 Å². The normalized spacial score (nSPS) is 16.0. The van der Waals surface area contributed by atoms with Gasteiger partial charge in [0.25, 0.3) is 27.8 Å². The molecule has 32 nitrogen and oxygen atoms in total. The summed E-state index contributed by atoms with van der Waals surface area (Å²) in [6.07, 6.45) is 8.50. The number of carbonyl (C=O) groups excluding carboxylic acids is 1. The molecule has 5 aliphatic heterocycles. The number of thioether (sulfide) groups is 5. The lowest BCUT2D eigenvalue weighted by molar-refractivity contribution is -0.119. The van der Waals surface area contributed by atoms with Crippen LogP contribution in [0.4, 0.5) is 17.6 Å². The van der Waals surface area contributed by atoms with Crippen molar-refractivity contribution >= 4 is 64.7 Å². The Kier molecular flexibility index (Phi) is 35.7. The van der Waals surface area contributed by atoms with Crippen LogP contribution in [0, 0.1) is 104 Å². The molecular formula is C99H113F4N21O11S5. The average Bonchev–Trinajstić information content (AvgIpc) is 0.772. The number of fused-ring (bicyclic) bond motifs is 5. The Bertz CT molecular complexity index is 6720. The lowest BCUT2D eigenvalue weighted by Gasteiger charge is -2.28. The standard InChI is InChI=1S/C22H27FN4O2S.C20H22FN5O2S.2C20H23FN4O3S.C17H18N4OS/c1-21(2,3)18-16(23)7-14(9-25-18)17-15(8-24)19(28)27-10-13(11-29-22(4,5)6)12-30-20(27)26-17;1-11(27)23-7-12-9-26-18(28)14(6-22)16(25-19(26)29-10-12)13-5-15(21)17(24-8-13)20(2,3)4;2*1-20(2,3)17-15(21)5-13(7-23-17)16-14(6-22)18(26)25-8-12(9-28-11-27-4)10-29-19(25)24-16;1-17(2,3)13-6-5-11(10-19-13)14-12(9-18)15(22)21-7-4-8-23-16(21)20-14/h7,9,13H,10-12H2,1-6H3;5,8,12H,7,9-10H2,1-4H3,(H,23,27);2*5,7,12H,8-11H2,1-4H3;5-6,10H,4,7-8H2,1-3H3/t;2*12-;;/m.00../s1. The number of methoxy groups -OCH3 is 2. The second-order valence-corrected chi connectivity index (χ2v) is 45.0. The summed E-state index contributed by atoms with van der Waals surface area (Å²) < 4.78 is 92.5. The number of hydrogen-bond acceptors (Lipinski definition) is 31. The van der Waals surface area contributed by atoms with Gasteiger partial charge in [0.1, 0.15) is 95.0 Å². The first-order valence-electron chi connectivity index (χ1n) is 45.0. The zero-order valence-corrected chi connectivity index (χ0v) is 86.3.